The van der Waals surface area contributed by atoms with Crippen molar-refractivity contribution >= 4 is 44.3 Å². The molecule has 0 unspecified atom stereocenters. The monoisotopic (exact) mass is 503 g/mol. The van der Waals surface area contributed by atoms with Gasteiger partial charge in [0.2, 0.25) is 5.13 Å². The number of amides is 2. The first-order chi connectivity index (χ1) is 15.0. The number of urea groups is 1. The molecule has 3 aromatic rings. The molecule has 2 aromatic carbocycles. The van der Waals surface area contributed by atoms with E-state index in [1.165, 1.54) is 23.7 Å². The highest BCUT2D eigenvalue weighted by Crippen LogP contribution is 2.25. The summed E-state index contributed by atoms with van der Waals surface area (Å²) in [5, 5.41) is 6.75. The predicted molar refractivity (Wildman–Crippen MR) is 125 cm³/mol. The maximum Gasteiger partial charge on any atom is 0.319 e. The number of rotatable bonds is 6. The Morgan fingerprint density at radius 3 is 2.55 bits per heavy atom. The summed E-state index contributed by atoms with van der Waals surface area (Å²) >= 11 is 4.79. The van der Waals surface area contributed by atoms with E-state index in [0.717, 1.165) is 52.6 Å². The van der Waals surface area contributed by atoms with Crippen LogP contribution in [0.25, 0.3) is 0 Å². The Morgan fingerprint density at radius 1 is 1.13 bits per heavy atom. The fraction of sp³-hybridized carbons (Fsp3) is 0.318. The van der Waals surface area contributed by atoms with Crippen molar-refractivity contribution in [2.45, 2.75) is 19.3 Å². The summed E-state index contributed by atoms with van der Waals surface area (Å²) < 4.78 is 18.5. The average molecular weight is 504 g/mol. The van der Waals surface area contributed by atoms with Gasteiger partial charge in [-0.1, -0.05) is 28.1 Å². The Labute approximate surface area is 193 Å². The molecule has 0 aliphatic carbocycles. The molecule has 1 aliphatic heterocycles. The van der Waals surface area contributed by atoms with Crippen molar-refractivity contribution in [3.8, 4) is 0 Å². The van der Waals surface area contributed by atoms with Crippen molar-refractivity contribution in [1.29, 1.82) is 0 Å². The first-order valence-electron chi connectivity index (χ1n) is 10.2. The van der Waals surface area contributed by atoms with Crippen molar-refractivity contribution < 1.29 is 9.18 Å². The normalized spacial score (nSPS) is 14.5. The lowest BCUT2D eigenvalue weighted by molar-refractivity contribution is 0.248. The van der Waals surface area contributed by atoms with E-state index in [2.05, 4.69) is 40.8 Å². The maximum absolute atomic E-state index is 13.1. The molecule has 6 nitrogen and oxygen atoms in total. The molecule has 0 saturated carbocycles. The number of aromatic nitrogens is 2. The Hall–Kier alpha value is -2.52. The smallest absolute Gasteiger partial charge is 0.319 e. The van der Waals surface area contributed by atoms with E-state index in [0.29, 0.717) is 18.9 Å². The van der Waals surface area contributed by atoms with Crippen LogP contribution < -0.4 is 15.5 Å². The average Bonchev–Trinajstić information content (AvgIpc) is 3.24. The topological polar surface area (TPSA) is 70.2 Å². The molecule has 31 heavy (non-hydrogen) atoms. The van der Waals surface area contributed by atoms with Gasteiger partial charge in [-0.15, -0.1) is 0 Å². The summed E-state index contributed by atoms with van der Waals surface area (Å²) in [5.74, 6) is 0.970. The largest absolute Gasteiger partial charge is 0.347 e. The molecule has 2 amide bonds. The van der Waals surface area contributed by atoms with E-state index in [1.54, 1.807) is 12.1 Å². The van der Waals surface area contributed by atoms with Gasteiger partial charge in [0.1, 0.15) is 11.6 Å². The van der Waals surface area contributed by atoms with Crippen molar-refractivity contribution in [2.75, 3.05) is 29.9 Å². The van der Waals surface area contributed by atoms with Crippen LogP contribution in [0, 0.1) is 11.7 Å². The van der Waals surface area contributed by atoms with Gasteiger partial charge in [-0.05, 0) is 60.7 Å². The summed E-state index contributed by atoms with van der Waals surface area (Å²) in [5.41, 5.74) is 1.76. The van der Waals surface area contributed by atoms with Crippen LogP contribution in [0.4, 0.5) is 20.0 Å². The number of anilines is 2. The van der Waals surface area contributed by atoms with Crippen LogP contribution in [-0.4, -0.2) is 35.0 Å². The second kappa shape index (κ2) is 10.2. The third-order valence-corrected chi connectivity index (χ3v) is 6.61. The third kappa shape index (κ3) is 6.24. The Balaban J connectivity index is 1.21. The SMILES string of the molecule is O=C(NCC1CCN(c2nc(Cc3ccc(F)cc3)ns2)CC1)Nc1ccc(Br)cc1. The number of hydrogen-bond donors (Lipinski definition) is 2. The fourth-order valence-electron chi connectivity index (χ4n) is 3.50. The van der Waals surface area contributed by atoms with Gasteiger partial charge >= 0.3 is 6.03 Å². The first kappa shape index (κ1) is 21.7. The lowest BCUT2D eigenvalue weighted by atomic mass is 9.97. The molecule has 9 heteroatoms. The molecular formula is C22H23BrFN5OS. The van der Waals surface area contributed by atoms with Crippen molar-refractivity contribution in [1.82, 2.24) is 14.7 Å². The maximum atomic E-state index is 13.1. The second-order valence-corrected chi connectivity index (χ2v) is 9.21. The van der Waals surface area contributed by atoms with Crippen LogP contribution >= 0.6 is 27.5 Å². The first-order valence-corrected chi connectivity index (χ1v) is 11.7. The molecule has 2 N–H and O–H groups in total. The molecule has 1 saturated heterocycles. The number of hydrogen-bond acceptors (Lipinski definition) is 5. The molecule has 162 valence electrons. The van der Waals surface area contributed by atoms with Gasteiger partial charge in [-0.25, -0.2) is 14.2 Å². The summed E-state index contributed by atoms with van der Waals surface area (Å²) in [7, 11) is 0. The van der Waals surface area contributed by atoms with E-state index in [9.17, 15) is 9.18 Å². The van der Waals surface area contributed by atoms with Crippen LogP contribution in [0.15, 0.2) is 53.0 Å². The minimum atomic E-state index is -0.237. The van der Waals surface area contributed by atoms with Crippen molar-refractivity contribution in [3.05, 3.63) is 70.2 Å². The van der Waals surface area contributed by atoms with Gasteiger partial charge in [-0.3, -0.25) is 0 Å². The lowest BCUT2D eigenvalue weighted by Gasteiger charge is -2.31. The van der Waals surface area contributed by atoms with E-state index in [4.69, 9.17) is 0 Å². The lowest BCUT2D eigenvalue weighted by Crippen LogP contribution is -2.39. The Morgan fingerprint density at radius 2 is 1.84 bits per heavy atom. The molecule has 1 fully saturated rings. The number of nitrogens with zero attached hydrogens (tertiary/aromatic N) is 3. The molecule has 0 atom stereocenters. The van der Waals surface area contributed by atoms with Crippen molar-refractivity contribution in [2.24, 2.45) is 5.92 Å². The number of piperidine rings is 1. The van der Waals surface area contributed by atoms with Crippen LogP contribution in [-0.2, 0) is 6.42 Å². The highest BCUT2D eigenvalue weighted by Gasteiger charge is 2.22. The fourth-order valence-corrected chi connectivity index (χ4v) is 4.50. The van der Waals surface area contributed by atoms with Gasteiger partial charge in [0.05, 0.1) is 0 Å². The number of carbonyl (C=O) groups excluding carboxylic acids is 1. The van der Waals surface area contributed by atoms with E-state index in [1.807, 2.05) is 24.3 Å². The molecule has 0 spiro atoms. The molecule has 1 aromatic heterocycles. The van der Waals surface area contributed by atoms with Crippen molar-refractivity contribution in [3.63, 3.8) is 0 Å². The summed E-state index contributed by atoms with van der Waals surface area (Å²) in [4.78, 5) is 19.0. The molecule has 4 rings (SSSR count). The third-order valence-electron chi connectivity index (χ3n) is 5.27. The molecule has 0 radical (unpaired) electrons. The zero-order chi connectivity index (χ0) is 21.6. The van der Waals surface area contributed by atoms with Gasteiger partial charge < -0.3 is 15.5 Å². The Bertz CT molecular complexity index is 1000. The van der Waals surface area contributed by atoms with Crippen LogP contribution in [0.5, 0.6) is 0 Å². The molecule has 1 aliphatic rings. The minimum Gasteiger partial charge on any atom is -0.347 e. The second-order valence-electron chi connectivity index (χ2n) is 7.57. The molecule has 2 heterocycles. The zero-order valence-corrected chi connectivity index (χ0v) is 19.3. The highest BCUT2D eigenvalue weighted by molar-refractivity contribution is 9.10. The quantitative estimate of drug-likeness (QED) is 0.492. The van der Waals surface area contributed by atoms with Crippen LogP contribution in [0.2, 0.25) is 0 Å². The number of benzene rings is 2. The zero-order valence-electron chi connectivity index (χ0n) is 16.9. The summed E-state index contributed by atoms with van der Waals surface area (Å²) in [6.45, 7) is 2.44. The van der Waals surface area contributed by atoms with E-state index < -0.39 is 0 Å². The van der Waals surface area contributed by atoms with Crippen LogP contribution in [0.1, 0.15) is 24.2 Å². The van der Waals surface area contributed by atoms with Crippen LogP contribution in [0.3, 0.4) is 0 Å². The van der Waals surface area contributed by atoms with E-state index >= 15 is 0 Å². The van der Waals surface area contributed by atoms with E-state index in [-0.39, 0.29) is 11.8 Å². The molecule has 0 bridgehead atoms. The minimum absolute atomic E-state index is 0.181. The number of halogens is 2. The molecular weight excluding hydrogens is 481 g/mol. The predicted octanol–water partition coefficient (Wildman–Crippen LogP) is 5.07. The van der Waals surface area contributed by atoms with Gasteiger partial charge in [0.15, 0.2) is 0 Å². The van der Waals surface area contributed by atoms with Gasteiger partial charge in [-0.2, -0.15) is 4.37 Å². The number of carbonyl (C=O) groups is 1. The summed E-state index contributed by atoms with van der Waals surface area (Å²) in [6.07, 6.45) is 2.58. The van der Waals surface area contributed by atoms with Gasteiger partial charge in [0, 0.05) is 47.7 Å². The van der Waals surface area contributed by atoms with Gasteiger partial charge in [0.25, 0.3) is 0 Å². The number of nitrogens with one attached hydrogen (secondary N) is 2. The summed E-state index contributed by atoms with van der Waals surface area (Å²) in [6, 6.07) is 13.8. The standard InChI is InChI=1S/C22H23BrFN5OS/c23-17-3-7-19(8-4-17)26-21(30)25-14-16-9-11-29(12-10-16)22-27-20(28-31-22)13-15-1-5-18(24)6-2-15/h1-8,16H,9-14H2,(H2,25,26,30). The Kier molecular flexibility index (Phi) is 7.14. The highest BCUT2D eigenvalue weighted by atomic mass is 79.9.